The number of rotatable bonds is 5. The molecule has 15 heavy (non-hydrogen) atoms. The molecule has 1 fully saturated rings. The largest absolute Gasteiger partial charge is 0.306 e. The smallest absolute Gasteiger partial charge is 0.00897 e. The van der Waals surface area contributed by atoms with Crippen LogP contribution in [0.5, 0.6) is 0 Å². The first kappa shape index (κ1) is 13.0. The summed E-state index contributed by atoms with van der Waals surface area (Å²) in [7, 11) is 4.43. The lowest BCUT2D eigenvalue weighted by atomic mass is 9.90. The first-order chi connectivity index (χ1) is 7.08. The molecule has 0 amide bonds. The molecule has 2 nitrogen and oxygen atoms in total. The van der Waals surface area contributed by atoms with Crippen LogP contribution < -0.4 is 0 Å². The Labute approximate surface area is 95.6 Å². The molecule has 0 aromatic heterocycles. The van der Waals surface area contributed by atoms with E-state index in [2.05, 4.69) is 44.7 Å². The Hall–Kier alpha value is -0.0800. The summed E-state index contributed by atoms with van der Waals surface area (Å²) in [4.78, 5) is 4.99. The van der Waals surface area contributed by atoms with Gasteiger partial charge in [0.15, 0.2) is 0 Å². The van der Waals surface area contributed by atoms with Crippen molar-refractivity contribution >= 4 is 0 Å². The van der Waals surface area contributed by atoms with Gasteiger partial charge in [-0.1, -0.05) is 20.8 Å². The summed E-state index contributed by atoms with van der Waals surface area (Å²) in [6.07, 6.45) is 2.66. The first-order valence-electron chi connectivity index (χ1n) is 6.47. The van der Waals surface area contributed by atoms with Gasteiger partial charge in [-0.25, -0.2) is 0 Å². The van der Waals surface area contributed by atoms with Crippen LogP contribution in [0.2, 0.25) is 0 Å². The van der Waals surface area contributed by atoms with Crippen LogP contribution in [-0.4, -0.2) is 49.6 Å². The summed E-state index contributed by atoms with van der Waals surface area (Å²) in [5, 5.41) is 0. The molecular weight excluding hydrogens is 184 g/mol. The molecule has 0 N–H and O–H groups in total. The van der Waals surface area contributed by atoms with Crippen molar-refractivity contribution in [3.8, 4) is 0 Å². The number of likely N-dealkylation sites (tertiary alicyclic amines) is 1. The monoisotopic (exact) mass is 212 g/mol. The summed E-state index contributed by atoms with van der Waals surface area (Å²) < 4.78 is 0. The van der Waals surface area contributed by atoms with Crippen molar-refractivity contribution in [1.82, 2.24) is 9.80 Å². The highest BCUT2D eigenvalue weighted by Crippen LogP contribution is 2.28. The molecule has 0 spiro atoms. The van der Waals surface area contributed by atoms with Crippen molar-refractivity contribution in [3.05, 3.63) is 0 Å². The average Bonchev–Trinajstić information content (AvgIpc) is 2.55. The van der Waals surface area contributed by atoms with E-state index in [4.69, 9.17) is 0 Å². The lowest BCUT2D eigenvalue weighted by Crippen LogP contribution is -2.31. The summed E-state index contributed by atoms with van der Waals surface area (Å²) in [6, 6.07) is 0.772. The van der Waals surface area contributed by atoms with E-state index < -0.39 is 0 Å². The standard InChI is InChI=1S/C13H28N2/c1-6-13(14(4)5)8-12-10-15(7-2)9-11(12)3/h11-13H,6-10H2,1-5H3. The van der Waals surface area contributed by atoms with Crippen molar-refractivity contribution in [2.75, 3.05) is 33.7 Å². The summed E-state index contributed by atoms with van der Waals surface area (Å²) in [5.74, 6) is 1.80. The predicted octanol–water partition coefficient (Wildman–Crippen LogP) is 2.30. The second-order valence-electron chi connectivity index (χ2n) is 5.35. The SMILES string of the molecule is CCC(CC1CN(CC)CC1C)N(C)C. The van der Waals surface area contributed by atoms with Crippen molar-refractivity contribution in [2.45, 2.75) is 39.7 Å². The van der Waals surface area contributed by atoms with E-state index in [-0.39, 0.29) is 0 Å². The molecule has 1 aliphatic rings. The van der Waals surface area contributed by atoms with E-state index in [1.165, 1.54) is 32.5 Å². The molecule has 0 radical (unpaired) electrons. The molecular formula is C13H28N2. The van der Waals surface area contributed by atoms with Gasteiger partial charge < -0.3 is 9.80 Å². The predicted molar refractivity (Wildman–Crippen MR) is 67.2 cm³/mol. The summed E-state index contributed by atoms with van der Waals surface area (Å²) >= 11 is 0. The minimum absolute atomic E-state index is 0.772. The molecule has 0 aromatic rings. The average molecular weight is 212 g/mol. The van der Waals surface area contributed by atoms with Gasteiger partial charge in [-0.05, 0) is 45.3 Å². The van der Waals surface area contributed by atoms with Crippen molar-refractivity contribution in [2.24, 2.45) is 11.8 Å². The van der Waals surface area contributed by atoms with E-state index in [1.807, 2.05) is 0 Å². The minimum Gasteiger partial charge on any atom is -0.306 e. The normalized spacial score (nSPS) is 30.0. The maximum atomic E-state index is 2.59. The van der Waals surface area contributed by atoms with Crippen LogP contribution in [0.1, 0.15) is 33.6 Å². The van der Waals surface area contributed by atoms with Gasteiger partial charge in [-0.15, -0.1) is 0 Å². The van der Waals surface area contributed by atoms with Crippen molar-refractivity contribution in [3.63, 3.8) is 0 Å². The molecule has 90 valence electrons. The Kier molecular flexibility index (Phi) is 5.07. The van der Waals surface area contributed by atoms with E-state index in [1.54, 1.807) is 0 Å². The van der Waals surface area contributed by atoms with Gasteiger partial charge in [0.1, 0.15) is 0 Å². The van der Waals surface area contributed by atoms with E-state index in [0.717, 1.165) is 17.9 Å². The lowest BCUT2D eigenvalue weighted by Gasteiger charge is -2.27. The third kappa shape index (κ3) is 3.46. The zero-order valence-corrected chi connectivity index (χ0v) is 11.2. The quantitative estimate of drug-likeness (QED) is 0.690. The highest BCUT2D eigenvalue weighted by molar-refractivity contribution is 4.84. The highest BCUT2D eigenvalue weighted by Gasteiger charge is 2.30. The highest BCUT2D eigenvalue weighted by atomic mass is 15.2. The third-order valence-corrected chi connectivity index (χ3v) is 4.07. The maximum absolute atomic E-state index is 2.59. The molecule has 1 heterocycles. The number of hydrogen-bond donors (Lipinski definition) is 0. The molecule has 0 aromatic carbocycles. The Morgan fingerprint density at radius 1 is 1.27 bits per heavy atom. The molecule has 3 unspecified atom stereocenters. The van der Waals surface area contributed by atoms with Crippen LogP contribution in [0.3, 0.4) is 0 Å². The zero-order valence-electron chi connectivity index (χ0n) is 11.2. The molecule has 0 saturated carbocycles. The second kappa shape index (κ2) is 5.86. The van der Waals surface area contributed by atoms with Crippen molar-refractivity contribution in [1.29, 1.82) is 0 Å². The topological polar surface area (TPSA) is 6.48 Å². The molecule has 3 atom stereocenters. The van der Waals surface area contributed by atoms with E-state index >= 15 is 0 Å². The molecule has 1 saturated heterocycles. The van der Waals surface area contributed by atoms with Gasteiger partial charge in [0.05, 0.1) is 0 Å². The second-order valence-corrected chi connectivity index (χ2v) is 5.35. The first-order valence-corrected chi connectivity index (χ1v) is 6.47. The Bertz CT molecular complexity index is 179. The molecule has 1 rings (SSSR count). The molecule has 0 bridgehead atoms. The Morgan fingerprint density at radius 3 is 2.33 bits per heavy atom. The zero-order chi connectivity index (χ0) is 11.4. The van der Waals surface area contributed by atoms with Gasteiger partial charge in [0.2, 0.25) is 0 Å². The van der Waals surface area contributed by atoms with Crippen LogP contribution >= 0.6 is 0 Å². The van der Waals surface area contributed by atoms with Gasteiger partial charge in [-0.3, -0.25) is 0 Å². The summed E-state index contributed by atoms with van der Waals surface area (Å²) in [6.45, 7) is 10.9. The van der Waals surface area contributed by atoms with Crippen LogP contribution in [0.25, 0.3) is 0 Å². The van der Waals surface area contributed by atoms with E-state index in [9.17, 15) is 0 Å². The van der Waals surface area contributed by atoms with Crippen LogP contribution in [0.15, 0.2) is 0 Å². The summed E-state index contributed by atoms with van der Waals surface area (Å²) in [5.41, 5.74) is 0. The van der Waals surface area contributed by atoms with Gasteiger partial charge >= 0.3 is 0 Å². The van der Waals surface area contributed by atoms with Gasteiger partial charge in [0.25, 0.3) is 0 Å². The van der Waals surface area contributed by atoms with Crippen LogP contribution in [0.4, 0.5) is 0 Å². The molecule has 1 aliphatic heterocycles. The maximum Gasteiger partial charge on any atom is 0.00897 e. The fourth-order valence-corrected chi connectivity index (χ4v) is 2.80. The number of nitrogens with zero attached hydrogens (tertiary/aromatic N) is 2. The Morgan fingerprint density at radius 2 is 1.93 bits per heavy atom. The molecule has 2 heteroatoms. The lowest BCUT2D eigenvalue weighted by molar-refractivity contribution is 0.223. The third-order valence-electron chi connectivity index (χ3n) is 4.07. The van der Waals surface area contributed by atoms with Gasteiger partial charge in [0, 0.05) is 19.1 Å². The van der Waals surface area contributed by atoms with Crippen molar-refractivity contribution < 1.29 is 0 Å². The van der Waals surface area contributed by atoms with E-state index in [0.29, 0.717) is 0 Å². The Balaban J connectivity index is 2.44. The molecule has 0 aliphatic carbocycles. The minimum atomic E-state index is 0.772. The fraction of sp³-hybridized carbons (Fsp3) is 1.00. The van der Waals surface area contributed by atoms with Crippen LogP contribution in [-0.2, 0) is 0 Å². The van der Waals surface area contributed by atoms with Crippen LogP contribution in [0, 0.1) is 11.8 Å². The number of hydrogen-bond acceptors (Lipinski definition) is 2. The fourth-order valence-electron chi connectivity index (χ4n) is 2.80. The van der Waals surface area contributed by atoms with Gasteiger partial charge in [-0.2, -0.15) is 0 Å².